The van der Waals surface area contributed by atoms with Crippen LogP contribution in [0.25, 0.3) is 0 Å². The Morgan fingerprint density at radius 3 is 2.78 bits per heavy atom. The number of hydrogen-bond acceptors (Lipinski definition) is 3. The number of carbonyl (C=O) groups excluding carboxylic acids is 1. The van der Waals surface area contributed by atoms with Gasteiger partial charge in [-0.1, -0.05) is 6.92 Å². The summed E-state index contributed by atoms with van der Waals surface area (Å²) >= 11 is 0. The Kier molecular flexibility index (Phi) is 3.71. The highest BCUT2D eigenvalue weighted by Crippen LogP contribution is 2.28. The molecular weight excluding hydrogens is 228 g/mol. The molecule has 1 saturated carbocycles. The van der Waals surface area contributed by atoms with E-state index in [0.717, 1.165) is 25.0 Å². The lowest BCUT2D eigenvalue weighted by Gasteiger charge is -2.38. The molecule has 0 unspecified atom stereocenters. The molecule has 2 rings (SSSR count). The fourth-order valence-electron chi connectivity index (χ4n) is 2.22. The largest absolute Gasteiger partial charge is 0.349 e. The Morgan fingerprint density at radius 1 is 1.56 bits per heavy atom. The molecule has 100 valence electrons. The lowest BCUT2D eigenvalue weighted by Crippen LogP contribution is -2.55. The Hall–Kier alpha value is -1.36. The van der Waals surface area contributed by atoms with E-state index in [-0.39, 0.29) is 11.4 Å². The predicted octanol–water partition coefficient (Wildman–Crippen LogP) is 1.08. The van der Waals surface area contributed by atoms with Gasteiger partial charge in [-0.15, -0.1) is 0 Å². The van der Waals surface area contributed by atoms with Crippen molar-refractivity contribution in [3.8, 4) is 0 Å². The summed E-state index contributed by atoms with van der Waals surface area (Å²) in [5.41, 5.74) is 7.50. The molecule has 5 heteroatoms. The molecule has 1 heterocycles. The normalized spacial score (nSPS) is 17.3. The molecule has 1 fully saturated rings. The van der Waals surface area contributed by atoms with Crippen LogP contribution in [0.15, 0.2) is 6.07 Å². The highest BCUT2D eigenvalue weighted by atomic mass is 16.2. The number of aryl methyl sites for hydroxylation is 2. The van der Waals surface area contributed by atoms with Crippen LogP contribution in [0, 0.1) is 0 Å². The number of amides is 1. The van der Waals surface area contributed by atoms with Gasteiger partial charge in [0.1, 0.15) is 5.69 Å². The summed E-state index contributed by atoms with van der Waals surface area (Å²) in [4.78, 5) is 12.1. The number of nitrogens with two attached hydrogens (primary N) is 1. The Bertz CT molecular complexity index is 434. The van der Waals surface area contributed by atoms with Crippen molar-refractivity contribution >= 4 is 5.91 Å². The zero-order valence-corrected chi connectivity index (χ0v) is 11.2. The summed E-state index contributed by atoms with van der Waals surface area (Å²) in [6.45, 7) is 5.28. The van der Waals surface area contributed by atoms with Crippen LogP contribution < -0.4 is 11.1 Å². The van der Waals surface area contributed by atoms with Gasteiger partial charge in [0.15, 0.2) is 0 Å². The van der Waals surface area contributed by atoms with Gasteiger partial charge in [-0.3, -0.25) is 9.48 Å². The molecule has 1 aliphatic rings. The molecule has 0 atom stereocenters. The van der Waals surface area contributed by atoms with Gasteiger partial charge in [0.25, 0.3) is 5.91 Å². The van der Waals surface area contributed by atoms with Gasteiger partial charge in [0, 0.05) is 18.6 Å². The van der Waals surface area contributed by atoms with Crippen molar-refractivity contribution in [2.24, 2.45) is 5.73 Å². The number of aromatic nitrogens is 2. The van der Waals surface area contributed by atoms with Crippen LogP contribution in [0.4, 0.5) is 0 Å². The standard InChI is InChI=1S/C13H22N4O/c1-3-10-8-11(17(4-2)16-10)12(18)15-9-13(14)6-5-7-13/h8H,3-7,9,14H2,1-2H3,(H,15,18). The van der Waals surface area contributed by atoms with E-state index < -0.39 is 0 Å². The molecule has 0 spiro atoms. The molecule has 0 saturated heterocycles. The number of carbonyl (C=O) groups is 1. The fourth-order valence-corrected chi connectivity index (χ4v) is 2.22. The first-order chi connectivity index (χ1) is 8.58. The maximum atomic E-state index is 12.1. The van der Waals surface area contributed by atoms with Gasteiger partial charge >= 0.3 is 0 Å². The second-order valence-electron chi connectivity index (χ2n) is 5.09. The van der Waals surface area contributed by atoms with Crippen LogP contribution in [-0.4, -0.2) is 27.8 Å². The van der Waals surface area contributed by atoms with Gasteiger partial charge in [0.05, 0.1) is 5.69 Å². The van der Waals surface area contributed by atoms with Crippen LogP contribution in [0.1, 0.15) is 49.3 Å². The second-order valence-corrected chi connectivity index (χ2v) is 5.09. The van der Waals surface area contributed by atoms with Crippen molar-refractivity contribution in [2.45, 2.75) is 51.6 Å². The van der Waals surface area contributed by atoms with E-state index in [1.54, 1.807) is 4.68 Å². The van der Waals surface area contributed by atoms with Gasteiger partial charge in [0.2, 0.25) is 0 Å². The van der Waals surface area contributed by atoms with Crippen LogP contribution in [0.3, 0.4) is 0 Å². The van der Waals surface area contributed by atoms with Crippen LogP contribution >= 0.6 is 0 Å². The first kappa shape index (κ1) is 13.1. The van der Waals surface area contributed by atoms with Gasteiger partial charge in [-0.2, -0.15) is 5.10 Å². The van der Waals surface area contributed by atoms with Gasteiger partial charge in [-0.05, 0) is 38.7 Å². The lowest BCUT2D eigenvalue weighted by atomic mass is 9.78. The molecule has 1 amide bonds. The molecule has 5 nitrogen and oxygen atoms in total. The minimum absolute atomic E-state index is 0.0687. The average molecular weight is 250 g/mol. The fraction of sp³-hybridized carbons (Fsp3) is 0.692. The molecule has 3 N–H and O–H groups in total. The number of nitrogens with one attached hydrogen (secondary N) is 1. The van der Waals surface area contributed by atoms with E-state index >= 15 is 0 Å². The molecule has 1 aliphatic carbocycles. The zero-order valence-electron chi connectivity index (χ0n) is 11.2. The highest BCUT2D eigenvalue weighted by Gasteiger charge is 2.32. The third-order valence-corrected chi connectivity index (χ3v) is 3.68. The Balaban J connectivity index is 2.01. The molecule has 1 aromatic heterocycles. The van der Waals surface area contributed by atoms with Gasteiger partial charge in [-0.25, -0.2) is 0 Å². The Morgan fingerprint density at radius 2 is 2.28 bits per heavy atom. The minimum atomic E-state index is -0.180. The maximum absolute atomic E-state index is 12.1. The lowest BCUT2D eigenvalue weighted by molar-refractivity contribution is 0.0919. The van der Waals surface area contributed by atoms with Crippen molar-refractivity contribution in [1.29, 1.82) is 0 Å². The highest BCUT2D eigenvalue weighted by molar-refractivity contribution is 5.92. The van der Waals surface area contributed by atoms with Crippen LogP contribution in [-0.2, 0) is 13.0 Å². The molecule has 18 heavy (non-hydrogen) atoms. The minimum Gasteiger partial charge on any atom is -0.349 e. The van der Waals surface area contributed by atoms with E-state index in [2.05, 4.69) is 10.4 Å². The van der Waals surface area contributed by atoms with E-state index in [4.69, 9.17) is 5.73 Å². The van der Waals surface area contributed by atoms with Gasteiger partial charge < -0.3 is 11.1 Å². The summed E-state index contributed by atoms with van der Waals surface area (Å²) in [6.07, 6.45) is 4.01. The third kappa shape index (κ3) is 2.56. The molecule has 0 aliphatic heterocycles. The van der Waals surface area contributed by atoms with Crippen LogP contribution in [0.2, 0.25) is 0 Å². The predicted molar refractivity (Wildman–Crippen MR) is 70.4 cm³/mol. The second kappa shape index (κ2) is 5.10. The van der Waals surface area contributed by atoms with E-state index in [1.165, 1.54) is 6.42 Å². The number of nitrogens with zero attached hydrogens (tertiary/aromatic N) is 2. The summed E-state index contributed by atoms with van der Waals surface area (Å²) in [6, 6.07) is 1.86. The summed E-state index contributed by atoms with van der Waals surface area (Å²) in [7, 11) is 0. The summed E-state index contributed by atoms with van der Waals surface area (Å²) in [5, 5.41) is 7.30. The summed E-state index contributed by atoms with van der Waals surface area (Å²) < 4.78 is 1.75. The molecule has 0 radical (unpaired) electrons. The number of rotatable bonds is 5. The smallest absolute Gasteiger partial charge is 0.269 e. The molecular formula is C13H22N4O. The maximum Gasteiger partial charge on any atom is 0.269 e. The van der Waals surface area contributed by atoms with Crippen molar-refractivity contribution in [2.75, 3.05) is 6.54 Å². The van der Waals surface area contributed by atoms with Crippen molar-refractivity contribution in [1.82, 2.24) is 15.1 Å². The molecule has 0 bridgehead atoms. The van der Waals surface area contributed by atoms with E-state index in [0.29, 0.717) is 18.8 Å². The summed E-state index contributed by atoms with van der Waals surface area (Å²) in [5.74, 6) is -0.0687. The third-order valence-electron chi connectivity index (χ3n) is 3.68. The van der Waals surface area contributed by atoms with Crippen molar-refractivity contribution in [3.05, 3.63) is 17.5 Å². The molecule has 0 aromatic carbocycles. The molecule has 1 aromatic rings. The average Bonchev–Trinajstić information content (AvgIpc) is 2.77. The quantitative estimate of drug-likeness (QED) is 0.821. The zero-order chi connectivity index (χ0) is 13.2. The van der Waals surface area contributed by atoms with Crippen LogP contribution in [0.5, 0.6) is 0 Å². The van der Waals surface area contributed by atoms with Crippen molar-refractivity contribution < 1.29 is 4.79 Å². The first-order valence-electron chi connectivity index (χ1n) is 6.72. The SMILES string of the molecule is CCc1cc(C(=O)NCC2(N)CCC2)n(CC)n1. The first-order valence-corrected chi connectivity index (χ1v) is 6.72. The topological polar surface area (TPSA) is 72.9 Å². The van der Waals surface area contributed by atoms with E-state index in [9.17, 15) is 4.79 Å². The Labute approximate surface area is 108 Å². The monoisotopic (exact) mass is 250 g/mol. The number of hydrogen-bond donors (Lipinski definition) is 2. The van der Waals surface area contributed by atoms with E-state index in [1.807, 2.05) is 19.9 Å². The van der Waals surface area contributed by atoms with Crippen molar-refractivity contribution in [3.63, 3.8) is 0 Å².